The molecule has 100 valence electrons. The highest BCUT2D eigenvalue weighted by Gasteiger charge is 2.04. The van der Waals surface area contributed by atoms with E-state index in [1.165, 1.54) is 36.9 Å². The molecule has 0 saturated carbocycles. The first-order valence-corrected chi connectivity index (χ1v) is 5.59. The number of aromatic nitrogens is 2. The highest BCUT2D eigenvalue weighted by atomic mass is 16.4. The molecule has 0 radical (unpaired) electrons. The van der Waals surface area contributed by atoms with Gasteiger partial charge in [-0.2, -0.15) is 5.10 Å². The summed E-state index contributed by atoms with van der Waals surface area (Å²) in [6, 6.07) is 6.07. The van der Waals surface area contributed by atoms with Crippen molar-refractivity contribution in [2.75, 3.05) is 0 Å². The van der Waals surface area contributed by atoms with Crippen LogP contribution in [-0.2, 0) is 0 Å². The standard InChI is InChI=1S/C13H10N4O3/c18-12(11-8-14-5-6-15-11)17-16-7-9-1-3-10(4-2-9)13(19)20/h1-8H,(H,17,18)(H,19,20)/b16-7+. The lowest BCUT2D eigenvalue weighted by atomic mass is 10.1. The molecule has 0 unspecified atom stereocenters. The first-order chi connectivity index (χ1) is 9.66. The first kappa shape index (κ1) is 13.3. The van der Waals surface area contributed by atoms with Crippen molar-refractivity contribution in [1.82, 2.24) is 15.4 Å². The number of carboxylic acid groups (broad SMARTS) is 1. The smallest absolute Gasteiger partial charge is 0.335 e. The Labute approximate surface area is 114 Å². The highest BCUT2D eigenvalue weighted by Crippen LogP contribution is 2.02. The molecule has 2 rings (SSSR count). The van der Waals surface area contributed by atoms with Crippen LogP contribution in [0, 0.1) is 0 Å². The van der Waals surface area contributed by atoms with E-state index in [9.17, 15) is 9.59 Å². The maximum atomic E-state index is 11.6. The molecule has 2 N–H and O–H groups in total. The summed E-state index contributed by atoms with van der Waals surface area (Å²) in [6.07, 6.45) is 5.60. The fourth-order valence-corrected chi connectivity index (χ4v) is 1.35. The van der Waals surface area contributed by atoms with Crippen molar-refractivity contribution < 1.29 is 14.7 Å². The predicted octanol–water partition coefficient (Wildman–Crippen LogP) is 0.939. The number of hydrazone groups is 1. The van der Waals surface area contributed by atoms with Gasteiger partial charge in [0.05, 0.1) is 18.0 Å². The normalized spacial score (nSPS) is 10.4. The molecule has 1 heterocycles. The van der Waals surface area contributed by atoms with Crippen LogP contribution in [0.15, 0.2) is 48.0 Å². The lowest BCUT2D eigenvalue weighted by Crippen LogP contribution is -2.19. The third kappa shape index (κ3) is 3.45. The first-order valence-electron chi connectivity index (χ1n) is 5.59. The SMILES string of the molecule is O=C(O)c1ccc(/C=N/NC(=O)c2cnccn2)cc1. The summed E-state index contributed by atoms with van der Waals surface area (Å²) in [5.74, 6) is -1.47. The van der Waals surface area contributed by atoms with Gasteiger partial charge in [-0.05, 0) is 17.7 Å². The number of benzene rings is 1. The van der Waals surface area contributed by atoms with Crippen LogP contribution in [-0.4, -0.2) is 33.2 Å². The van der Waals surface area contributed by atoms with Gasteiger partial charge < -0.3 is 5.11 Å². The Morgan fingerprint density at radius 2 is 1.95 bits per heavy atom. The molecule has 2 aromatic rings. The highest BCUT2D eigenvalue weighted by molar-refractivity contribution is 5.93. The molecule has 1 amide bonds. The average molecular weight is 270 g/mol. The van der Waals surface area contributed by atoms with Crippen LogP contribution in [0.4, 0.5) is 0 Å². The maximum Gasteiger partial charge on any atom is 0.335 e. The van der Waals surface area contributed by atoms with Gasteiger partial charge in [0.1, 0.15) is 5.69 Å². The molecule has 0 spiro atoms. The zero-order chi connectivity index (χ0) is 14.4. The lowest BCUT2D eigenvalue weighted by Gasteiger charge is -1.98. The molecule has 1 aromatic heterocycles. The third-order valence-corrected chi connectivity index (χ3v) is 2.33. The van der Waals surface area contributed by atoms with Gasteiger partial charge in [0.25, 0.3) is 5.91 Å². The monoisotopic (exact) mass is 270 g/mol. The Morgan fingerprint density at radius 1 is 1.20 bits per heavy atom. The van der Waals surface area contributed by atoms with Crippen molar-refractivity contribution in [3.63, 3.8) is 0 Å². The predicted molar refractivity (Wildman–Crippen MR) is 70.5 cm³/mol. The second-order valence-electron chi connectivity index (χ2n) is 3.72. The fourth-order valence-electron chi connectivity index (χ4n) is 1.35. The van der Waals surface area contributed by atoms with E-state index in [1.54, 1.807) is 12.1 Å². The van der Waals surface area contributed by atoms with E-state index in [2.05, 4.69) is 20.5 Å². The number of nitrogens with zero attached hydrogens (tertiary/aromatic N) is 3. The summed E-state index contributed by atoms with van der Waals surface area (Å²) in [4.78, 5) is 29.8. The van der Waals surface area contributed by atoms with Crippen molar-refractivity contribution in [2.45, 2.75) is 0 Å². The van der Waals surface area contributed by atoms with Crippen LogP contribution < -0.4 is 5.43 Å². The Kier molecular flexibility index (Phi) is 4.13. The number of nitrogens with one attached hydrogen (secondary N) is 1. The topological polar surface area (TPSA) is 105 Å². The van der Waals surface area contributed by atoms with E-state index in [4.69, 9.17) is 5.11 Å². The van der Waals surface area contributed by atoms with Crippen LogP contribution >= 0.6 is 0 Å². The molecular formula is C13H10N4O3. The summed E-state index contributed by atoms with van der Waals surface area (Å²) in [7, 11) is 0. The molecule has 0 fully saturated rings. The molecular weight excluding hydrogens is 260 g/mol. The number of carbonyl (C=O) groups excluding carboxylic acids is 1. The minimum absolute atomic E-state index is 0.158. The van der Waals surface area contributed by atoms with Crippen LogP contribution in [0.1, 0.15) is 26.4 Å². The summed E-state index contributed by atoms with van der Waals surface area (Å²) >= 11 is 0. The van der Waals surface area contributed by atoms with Crippen molar-refractivity contribution in [2.24, 2.45) is 5.10 Å². The van der Waals surface area contributed by atoms with Gasteiger partial charge in [0.2, 0.25) is 0 Å². The Bertz CT molecular complexity index is 638. The molecule has 0 saturated heterocycles. The second-order valence-corrected chi connectivity index (χ2v) is 3.72. The van der Waals surface area contributed by atoms with E-state index in [-0.39, 0.29) is 11.3 Å². The lowest BCUT2D eigenvalue weighted by molar-refractivity contribution is 0.0696. The molecule has 0 aliphatic rings. The molecule has 7 nitrogen and oxygen atoms in total. The molecule has 7 heteroatoms. The van der Waals surface area contributed by atoms with E-state index in [0.29, 0.717) is 5.56 Å². The maximum absolute atomic E-state index is 11.6. The zero-order valence-electron chi connectivity index (χ0n) is 10.2. The molecule has 20 heavy (non-hydrogen) atoms. The molecule has 1 aromatic carbocycles. The number of carboxylic acids is 1. The van der Waals surface area contributed by atoms with Crippen LogP contribution in [0.3, 0.4) is 0 Å². The van der Waals surface area contributed by atoms with Gasteiger partial charge in [0, 0.05) is 12.4 Å². The Balaban J connectivity index is 1.96. The van der Waals surface area contributed by atoms with Gasteiger partial charge >= 0.3 is 5.97 Å². The third-order valence-electron chi connectivity index (χ3n) is 2.33. The van der Waals surface area contributed by atoms with E-state index in [0.717, 1.165) is 0 Å². The summed E-state index contributed by atoms with van der Waals surface area (Å²) in [6.45, 7) is 0. The number of carbonyl (C=O) groups is 2. The molecule has 0 aliphatic heterocycles. The van der Waals surface area contributed by atoms with Crippen LogP contribution in [0.25, 0.3) is 0 Å². The zero-order valence-corrected chi connectivity index (χ0v) is 10.2. The van der Waals surface area contributed by atoms with Gasteiger partial charge in [-0.25, -0.2) is 15.2 Å². The minimum Gasteiger partial charge on any atom is -0.478 e. The number of rotatable bonds is 4. The second kappa shape index (κ2) is 6.19. The summed E-state index contributed by atoms with van der Waals surface area (Å²) in [5.41, 5.74) is 3.30. The molecule has 0 aliphatic carbocycles. The van der Waals surface area contributed by atoms with Crippen LogP contribution in [0.5, 0.6) is 0 Å². The largest absolute Gasteiger partial charge is 0.478 e. The van der Waals surface area contributed by atoms with Gasteiger partial charge in [-0.1, -0.05) is 12.1 Å². The van der Waals surface area contributed by atoms with Gasteiger partial charge in [-0.3, -0.25) is 9.78 Å². The number of hydrogen-bond donors (Lipinski definition) is 2. The van der Waals surface area contributed by atoms with Gasteiger partial charge in [-0.15, -0.1) is 0 Å². The minimum atomic E-state index is -0.996. The Hall–Kier alpha value is -3.09. The van der Waals surface area contributed by atoms with E-state index < -0.39 is 11.9 Å². The number of amides is 1. The summed E-state index contributed by atoms with van der Waals surface area (Å²) in [5, 5.41) is 12.5. The molecule has 0 bridgehead atoms. The van der Waals surface area contributed by atoms with Gasteiger partial charge in [0.15, 0.2) is 0 Å². The number of aromatic carboxylic acids is 1. The Morgan fingerprint density at radius 3 is 2.55 bits per heavy atom. The number of hydrogen-bond acceptors (Lipinski definition) is 5. The van der Waals surface area contributed by atoms with Crippen LogP contribution in [0.2, 0.25) is 0 Å². The average Bonchev–Trinajstić information content (AvgIpc) is 2.48. The quantitative estimate of drug-likeness (QED) is 0.635. The van der Waals surface area contributed by atoms with E-state index in [1.807, 2.05) is 0 Å². The van der Waals surface area contributed by atoms with Crippen molar-refractivity contribution >= 4 is 18.1 Å². The van der Waals surface area contributed by atoms with Crippen molar-refractivity contribution in [3.8, 4) is 0 Å². The van der Waals surface area contributed by atoms with E-state index >= 15 is 0 Å². The van der Waals surface area contributed by atoms with Crippen molar-refractivity contribution in [1.29, 1.82) is 0 Å². The molecule has 0 atom stereocenters. The summed E-state index contributed by atoms with van der Waals surface area (Å²) < 4.78 is 0. The van der Waals surface area contributed by atoms with Crippen molar-refractivity contribution in [3.05, 3.63) is 59.7 Å². The fraction of sp³-hybridized carbons (Fsp3) is 0.